The second kappa shape index (κ2) is 8.87. The Labute approximate surface area is 195 Å². The van der Waals surface area contributed by atoms with Crippen LogP contribution in [-0.4, -0.2) is 49.4 Å². The van der Waals surface area contributed by atoms with Crippen molar-refractivity contribution in [1.29, 1.82) is 0 Å². The van der Waals surface area contributed by atoms with E-state index in [0.717, 1.165) is 31.2 Å². The van der Waals surface area contributed by atoms with Crippen LogP contribution in [0.15, 0.2) is 30.3 Å². The maximum absolute atomic E-state index is 13.5. The molecule has 5 rings (SSSR count). The fourth-order valence-electron chi connectivity index (χ4n) is 4.96. The Kier molecular flexibility index (Phi) is 5.95. The predicted molar refractivity (Wildman–Crippen MR) is 122 cm³/mol. The molecule has 1 aliphatic carbocycles. The van der Waals surface area contributed by atoms with Gasteiger partial charge in [0.15, 0.2) is 5.65 Å². The first-order chi connectivity index (χ1) is 15.5. The van der Waals surface area contributed by atoms with Crippen molar-refractivity contribution in [1.82, 2.24) is 24.8 Å². The molecule has 2 aliphatic rings. The fourth-order valence-corrected chi connectivity index (χ4v) is 5.45. The van der Waals surface area contributed by atoms with Crippen LogP contribution < -0.4 is 0 Å². The Morgan fingerprint density at radius 2 is 1.91 bits per heavy atom. The monoisotopic (exact) mass is 475 g/mol. The number of halogens is 3. The van der Waals surface area contributed by atoms with Crippen molar-refractivity contribution in [2.75, 3.05) is 6.54 Å². The number of aromatic amines is 1. The highest BCUT2D eigenvalue weighted by atomic mass is 35.5. The summed E-state index contributed by atoms with van der Waals surface area (Å²) in [7, 11) is 0. The molecule has 1 aliphatic heterocycles. The first-order valence-corrected chi connectivity index (χ1v) is 11.8. The molecule has 1 atom stereocenters. The zero-order valence-electron chi connectivity index (χ0n) is 17.5. The van der Waals surface area contributed by atoms with Crippen LogP contribution in [0.3, 0.4) is 0 Å². The maximum Gasteiger partial charge on any atom is 0.321 e. The number of amides is 2. The summed E-state index contributed by atoms with van der Waals surface area (Å²) < 4.78 is 13.4. The topological polar surface area (TPSA) is 65.1 Å². The van der Waals surface area contributed by atoms with Gasteiger partial charge in [-0.3, -0.25) is 0 Å². The molecule has 2 amide bonds. The van der Waals surface area contributed by atoms with E-state index in [4.69, 9.17) is 23.2 Å². The Balaban J connectivity index is 1.40. The number of benzene rings is 1. The first-order valence-electron chi connectivity index (χ1n) is 11.0. The number of rotatable bonds is 5. The van der Waals surface area contributed by atoms with E-state index in [1.807, 2.05) is 17.0 Å². The molecule has 168 valence electrons. The van der Waals surface area contributed by atoms with Crippen molar-refractivity contribution >= 4 is 40.4 Å². The quantitative estimate of drug-likeness (QED) is 0.489. The number of fused-ring (bicyclic) bond motifs is 1. The zero-order chi connectivity index (χ0) is 22.2. The Hall–Kier alpha value is -2.38. The molecule has 1 unspecified atom stereocenters. The van der Waals surface area contributed by atoms with Crippen LogP contribution in [0.5, 0.6) is 0 Å². The molecule has 6 nitrogen and oxygen atoms in total. The number of carbonyl (C=O) groups excluding carboxylic acids is 1. The van der Waals surface area contributed by atoms with Crippen LogP contribution in [0.25, 0.3) is 11.2 Å². The third-order valence-corrected chi connectivity index (χ3v) is 7.04. The van der Waals surface area contributed by atoms with Gasteiger partial charge in [0.1, 0.15) is 5.82 Å². The molecule has 2 fully saturated rings. The molecule has 1 saturated carbocycles. The SMILES string of the molecule is O=C1N(Cc2nc3nc(F)ccc3[nH]2)CC(Cc2ccc(Cl)cc2Cl)N1C1CCCCC1. The van der Waals surface area contributed by atoms with E-state index < -0.39 is 5.95 Å². The van der Waals surface area contributed by atoms with Crippen LogP contribution in [0.4, 0.5) is 9.18 Å². The van der Waals surface area contributed by atoms with Crippen LogP contribution in [-0.2, 0) is 13.0 Å². The number of urea groups is 1. The van der Waals surface area contributed by atoms with Gasteiger partial charge in [0.2, 0.25) is 5.95 Å². The summed E-state index contributed by atoms with van der Waals surface area (Å²) in [4.78, 5) is 28.7. The second-order valence-electron chi connectivity index (χ2n) is 8.64. The van der Waals surface area contributed by atoms with Crippen molar-refractivity contribution in [3.05, 3.63) is 57.7 Å². The average Bonchev–Trinajstić information content (AvgIpc) is 3.30. The number of aromatic nitrogens is 3. The lowest BCUT2D eigenvalue weighted by atomic mass is 9.93. The van der Waals surface area contributed by atoms with Crippen molar-refractivity contribution < 1.29 is 9.18 Å². The molecule has 0 bridgehead atoms. The third kappa shape index (κ3) is 4.28. The standard InChI is InChI=1S/C23H24Cl2FN5O/c24-15-7-6-14(18(25)11-15)10-17-12-30(23(32)31(17)16-4-2-1-3-5-16)13-21-27-19-8-9-20(26)28-22(19)29-21/h6-9,11,16-17H,1-5,10,12-13H2,(H,27,28,29). The summed E-state index contributed by atoms with van der Waals surface area (Å²) >= 11 is 12.5. The molecule has 3 aromatic rings. The first kappa shape index (κ1) is 21.5. The second-order valence-corrected chi connectivity index (χ2v) is 9.49. The molecule has 1 saturated heterocycles. The number of imidazole rings is 1. The fraction of sp³-hybridized carbons (Fsp3) is 0.435. The van der Waals surface area contributed by atoms with E-state index in [1.165, 1.54) is 12.5 Å². The van der Waals surface area contributed by atoms with E-state index in [2.05, 4.69) is 19.9 Å². The minimum atomic E-state index is -0.573. The highest BCUT2D eigenvalue weighted by Gasteiger charge is 2.41. The third-order valence-electron chi connectivity index (χ3n) is 6.46. The van der Waals surface area contributed by atoms with Crippen molar-refractivity contribution in [3.63, 3.8) is 0 Å². The van der Waals surface area contributed by atoms with Gasteiger partial charge in [0.25, 0.3) is 0 Å². The van der Waals surface area contributed by atoms with E-state index in [9.17, 15) is 9.18 Å². The summed E-state index contributed by atoms with van der Waals surface area (Å²) in [5.41, 5.74) is 1.96. The van der Waals surface area contributed by atoms with Gasteiger partial charge in [0.05, 0.1) is 18.1 Å². The summed E-state index contributed by atoms with van der Waals surface area (Å²) in [5.74, 6) is 0.0244. The molecule has 9 heteroatoms. The van der Waals surface area contributed by atoms with Gasteiger partial charge in [-0.1, -0.05) is 48.5 Å². The molecule has 3 heterocycles. The maximum atomic E-state index is 13.5. The number of hydrogen-bond donors (Lipinski definition) is 1. The molecule has 1 aromatic carbocycles. The summed E-state index contributed by atoms with van der Waals surface area (Å²) in [6.45, 7) is 0.901. The van der Waals surface area contributed by atoms with Gasteiger partial charge >= 0.3 is 6.03 Å². The lowest BCUT2D eigenvalue weighted by Crippen LogP contribution is -2.45. The Bertz CT molecular complexity index is 1150. The van der Waals surface area contributed by atoms with Crippen LogP contribution in [0.2, 0.25) is 10.0 Å². The van der Waals surface area contributed by atoms with Crippen molar-refractivity contribution in [2.45, 2.75) is 57.2 Å². The summed E-state index contributed by atoms with van der Waals surface area (Å²) in [5, 5.41) is 1.22. The molecule has 32 heavy (non-hydrogen) atoms. The van der Waals surface area contributed by atoms with Crippen LogP contribution in [0, 0.1) is 5.95 Å². The largest absolute Gasteiger partial charge is 0.339 e. The van der Waals surface area contributed by atoms with Gasteiger partial charge < -0.3 is 14.8 Å². The number of nitrogens with one attached hydrogen (secondary N) is 1. The molecular weight excluding hydrogens is 452 g/mol. The number of hydrogen-bond acceptors (Lipinski definition) is 3. The van der Waals surface area contributed by atoms with E-state index in [1.54, 1.807) is 12.1 Å². The minimum Gasteiger partial charge on any atom is -0.339 e. The highest BCUT2D eigenvalue weighted by molar-refractivity contribution is 6.35. The molecule has 0 spiro atoms. The van der Waals surface area contributed by atoms with E-state index in [-0.39, 0.29) is 18.1 Å². The molecule has 2 aromatic heterocycles. The summed E-state index contributed by atoms with van der Waals surface area (Å²) in [6.07, 6.45) is 6.23. The number of pyridine rings is 1. The lowest BCUT2D eigenvalue weighted by Gasteiger charge is -2.35. The predicted octanol–water partition coefficient (Wildman–Crippen LogP) is 5.59. The number of nitrogens with zero attached hydrogens (tertiary/aromatic N) is 4. The zero-order valence-corrected chi connectivity index (χ0v) is 19.0. The summed E-state index contributed by atoms with van der Waals surface area (Å²) in [6, 6.07) is 8.71. The Morgan fingerprint density at radius 1 is 1.09 bits per heavy atom. The minimum absolute atomic E-state index is 0.0178. The van der Waals surface area contributed by atoms with Crippen LogP contribution >= 0.6 is 23.2 Å². The van der Waals surface area contributed by atoms with Gasteiger partial charge in [-0.05, 0) is 49.1 Å². The van der Waals surface area contributed by atoms with Gasteiger partial charge in [-0.2, -0.15) is 9.37 Å². The normalized spacial score (nSPS) is 20.0. The highest BCUT2D eigenvalue weighted by Crippen LogP contribution is 2.32. The lowest BCUT2D eigenvalue weighted by molar-refractivity contribution is 0.145. The molecular formula is C23H24Cl2FN5O. The average molecular weight is 476 g/mol. The Morgan fingerprint density at radius 3 is 2.69 bits per heavy atom. The van der Waals surface area contributed by atoms with Crippen LogP contribution in [0.1, 0.15) is 43.5 Å². The number of H-pyrrole nitrogens is 1. The number of carbonyl (C=O) groups is 1. The van der Waals surface area contributed by atoms with Crippen molar-refractivity contribution in [3.8, 4) is 0 Å². The van der Waals surface area contributed by atoms with Gasteiger partial charge in [-0.15, -0.1) is 0 Å². The van der Waals surface area contributed by atoms with Gasteiger partial charge in [-0.25, -0.2) is 9.78 Å². The molecule has 0 radical (unpaired) electrons. The van der Waals surface area contributed by atoms with Crippen molar-refractivity contribution in [2.24, 2.45) is 0 Å². The van der Waals surface area contributed by atoms with E-state index in [0.29, 0.717) is 46.5 Å². The smallest absolute Gasteiger partial charge is 0.321 e. The van der Waals surface area contributed by atoms with E-state index >= 15 is 0 Å². The van der Waals surface area contributed by atoms with Gasteiger partial charge in [0, 0.05) is 22.6 Å². The molecule has 1 N–H and O–H groups in total.